The molecule has 1 fully saturated rings. The van der Waals surface area contributed by atoms with Crippen LogP contribution in [0, 0.1) is 5.92 Å². The SMILES string of the molecule is CCCCCc1cc(O)c2c(c1)OC(C)(C)[C@H]1CC[C@@](O)(C(=O)OC)C[C@H]21. The average molecular weight is 376 g/mol. The molecule has 0 spiro atoms. The van der Waals surface area contributed by atoms with E-state index >= 15 is 0 Å². The van der Waals surface area contributed by atoms with E-state index in [1.165, 1.54) is 7.11 Å². The number of fused-ring (bicyclic) bond motifs is 3. The van der Waals surface area contributed by atoms with Gasteiger partial charge in [0.15, 0.2) is 5.60 Å². The Morgan fingerprint density at radius 3 is 2.74 bits per heavy atom. The van der Waals surface area contributed by atoms with E-state index in [0.29, 0.717) is 18.6 Å². The Bertz CT molecular complexity index is 711. The minimum atomic E-state index is -1.51. The monoisotopic (exact) mass is 376 g/mol. The Labute approximate surface area is 161 Å². The van der Waals surface area contributed by atoms with Crippen LogP contribution in [-0.2, 0) is 16.0 Å². The van der Waals surface area contributed by atoms with Gasteiger partial charge >= 0.3 is 5.97 Å². The molecule has 150 valence electrons. The first-order chi connectivity index (χ1) is 12.7. The van der Waals surface area contributed by atoms with Crippen LogP contribution in [0.2, 0.25) is 0 Å². The summed E-state index contributed by atoms with van der Waals surface area (Å²) in [4.78, 5) is 12.2. The number of aromatic hydroxyl groups is 1. The first-order valence-corrected chi connectivity index (χ1v) is 10.1. The molecule has 0 radical (unpaired) electrons. The Hall–Kier alpha value is -1.75. The van der Waals surface area contributed by atoms with Crippen molar-refractivity contribution in [3.8, 4) is 11.5 Å². The van der Waals surface area contributed by atoms with Gasteiger partial charge in [-0.1, -0.05) is 19.8 Å². The van der Waals surface area contributed by atoms with E-state index in [4.69, 9.17) is 9.47 Å². The van der Waals surface area contributed by atoms with Crippen LogP contribution in [-0.4, -0.2) is 34.5 Å². The molecule has 0 bridgehead atoms. The van der Waals surface area contributed by atoms with Gasteiger partial charge in [-0.05, 0) is 63.6 Å². The Kier molecular flexibility index (Phi) is 5.44. The zero-order chi connectivity index (χ0) is 19.8. The number of carbonyl (C=O) groups excluding carboxylic acids is 1. The molecule has 0 unspecified atom stereocenters. The molecule has 3 atom stereocenters. The number of aryl methyl sites for hydroxylation is 1. The number of rotatable bonds is 5. The second kappa shape index (κ2) is 7.34. The van der Waals surface area contributed by atoms with Gasteiger partial charge in [-0.25, -0.2) is 4.79 Å². The quantitative estimate of drug-likeness (QED) is 0.598. The summed E-state index contributed by atoms with van der Waals surface area (Å²) in [5.74, 6) is 0.265. The molecule has 27 heavy (non-hydrogen) atoms. The minimum Gasteiger partial charge on any atom is -0.508 e. The maximum absolute atomic E-state index is 12.2. The summed E-state index contributed by atoms with van der Waals surface area (Å²) in [6.07, 6.45) is 5.51. The first kappa shape index (κ1) is 20.0. The maximum Gasteiger partial charge on any atom is 0.337 e. The molecule has 1 aromatic rings. The number of unbranched alkanes of at least 4 members (excludes halogenated alkanes) is 2. The molecular weight excluding hydrogens is 344 g/mol. The summed E-state index contributed by atoms with van der Waals surface area (Å²) in [5, 5.41) is 21.7. The normalized spacial score (nSPS) is 28.6. The largest absolute Gasteiger partial charge is 0.508 e. The van der Waals surface area contributed by atoms with Crippen molar-refractivity contribution in [2.45, 2.75) is 82.8 Å². The summed E-state index contributed by atoms with van der Waals surface area (Å²) in [6.45, 7) is 6.27. The fourth-order valence-corrected chi connectivity index (χ4v) is 4.92. The van der Waals surface area contributed by atoms with Crippen LogP contribution in [0.15, 0.2) is 12.1 Å². The summed E-state index contributed by atoms with van der Waals surface area (Å²) in [6, 6.07) is 3.84. The predicted molar refractivity (Wildman–Crippen MR) is 103 cm³/mol. The fourth-order valence-electron chi connectivity index (χ4n) is 4.92. The van der Waals surface area contributed by atoms with Crippen LogP contribution in [0.1, 0.15) is 76.3 Å². The van der Waals surface area contributed by atoms with Gasteiger partial charge in [-0.3, -0.25) is 0 Å². The molecule has 1 aromatic carbocycles. The molecule has 5 nitrogen and oxygen atoms in total. The van der Waals surface area contributed by atoms with Crippen molar-refractivity contribution in [2.24, 2.45) is 5.92 Å². The molecule has 1 heterocycles. The Morgan fingerprint density at radius 2 is 2.07 bits per heavy atom. The number of esters is 1. The van der Waals surface area contributed by atoms with Crippen LogP contribution < -0.4 is 4.74 Å². The molecule has 0 saturated heterocycles. The third-order valence-corrected chi connectivity index (χ3v) is 6.36. The van der Waals surface area contributed by atoms with Crippen LogP contribution in [0.25, 0.3) is 0 Å². The van der Waals surface area contributed by atoms with E-state index in [-0.39, 0.29) is 24.0 Å². The highest BCUT2D eigenvalue weighted by atomic mass is 16.5. The van der Waals surface area contributed by atoms with E-state index in [2.05, 4.69) is 20.8 Å². The summed E-state index contributed by atoms with van der Waals surface area (Å²) >= 11 is 0. The van der Waals surface area contributed by atoms with Crippen molar-refractivity contribution in [2.75, 3.05) is 7.11 Å². The second-order valence-corrected chi connectivity index (χ2v) is 8.67. The van der Waals surface area contributed by atoms with Crippen molar-refractivity contribution in [3.05, 3.63) is 23.3 Å². The molecule has 1 aliphatic heterocycles. The van der Waals surface area contributed by atoms with Gasteiger partial charge in [0, 0.05) is 17.4 Å². The fraction of sp³-hybridized carbons (Fsp3) is 0.682. The van der Waals surface area contributed by atoms with Gasteiger partial charge < -0.3 is 19.7 Å². The zero-order valence-corrected chi connectivity index (χ0v) is 16.9. The molecule has 2 aliphatic rings. The molecule has 2 N–H and O–H groups in total. The predicted octanol–water partition coefficient (Wildman–Crippen LogP) is 4.08. The minimum absolute atomic E-state index is 0.117. The van der Waals surface area contributed by atoms with Crippen molar-refractivity contribution >= 4 is 5.97 Å². The van der Waals surface area contributed by atoms with E-state index < -0.39 is 17.2 Å². The topological polar surface area (TPSA) is 76.0 Å². The number of methoxy groups -OCH3 is 1. The lowest BCUT2D eigenvalue weighted by molar-refractivity contribution is -0.170. The smallest absolute Gasteiger partial charge is 0.337 e. The number of hydrogen-bond donors (Lipinski definition) is 2. The second-order valence-electron chi connectivity index (χ2n) is 8.67. The highest BCUT2D eigenvalue weighted by molar-refractivity contribution is 5.79. The van der Waals surface area contributed by atoms with Crippen molar-refractivity contribution in [1.29, 1.82) is 0 Å². The van der Waals surface area contributed by atoms with Crippen LogP contribution in [0.4, 0.5) is 0 Å². The van der Waals surface area contributed by atoms with E-state index in [0.717, 1.165) is 36.8 Å². The molecule has 1 aliphatic carbocycles. The van der Waals surface area contributed by atoms with E-state index in [9.17, 15) is 15.0 Å². The third-order valence-electron chi connectivity index (χ3n) is 6.36. The zero-order valence-electron chi connectivity index (χ0n) is 16.9. The van der Waals surface area contributed by atoms with Crippen molar-refractivity contribution < 1.29 is 24.5 Å². The van der Waals surface area contributed by atoms with Gasteiger partial charge in [-0.2, -0.15) is 0 Å². The highest BCUT2D eigenvalue weighted by Gasteiger charge is 2.54. The van der Waals surface area contributed by atoms with Crippen LogP contribution in [0.5, 0.6) is 11.5 Å². The van der Waals surface area contributed by atoms with Gasteiger partial charge in [0.25, 0.3) is 0 Å². The number of ether oxygens (including phenoxy) is 2. The number of phenolic OH excluding ortho intramolecular Hbond substituents is 1. The highest BCUT2D eigenvalue weighted by Crippen LogP contribution is 2.56. The lowest BCUT2D eigenvalue weighted by atomic mass is 9.62. The number of benzene rings is 1. The number of aliphatic hydroxyl groups is 1. The third kappa shape index (κ3) is 3.66. The lowest BCUT2D eigenvalue weighted by Crippen LogP contribution is -2.53. The van der Waals surface area contributed by atoms with Crippen LogP contribution in [0.3, 0.4) is 0 Å². The van der Waals surface area contributed by atoms with Crippen molar-refractivity contribution in [3.63, 3.8) is 0 Å². The van der Waals surface area contributed by atoms with Gasteiger partial charge in [0.1, 0.15) is 17.1 Å². The lowest BCUT2D eigenvalue weighted by Gasteiger charge is -2.50. The average Bonchev–Trinajstić information content (AvgIpc) is 2.60. The van der Waals surface area contributed by atoms with Gasteiger partial charge in [0.05, 0.1) is 7.11 Å². The van der Waals surface area contributed by atoms with Gasteiger partial charge in [-0.15, -0.1) is 0 Å². The molecular formula is C22H32O5. The Balaban J connectivity index is 1.97. The van der Waals surface area contributed by atoms with E-state index in [1.54, 1.807) is 0 Å². The first-order valence-electron chi connectivity index (χ1n) is 10.1. The van der Waals surface area contributed by atoms with E-state index in [1.807, 2.05) is 12.1 Å². The Morgan fingerprint density at radius 1 is 1.33 bits per heavy atom. The molecule has 1 saturated carbocycles. The standard InChI is InChI=1S/C22H32O5/c1-5-6-7-8-14-11-17(23)19-15-13-22(25,20(24)26-4)10-9-16(15)21(2,3)27-18(19)12-14/h11-12,15-16,23,25H,5-10,13H2,1-4H3/t15-,16-,22-/m0/s1. The summed E-state index contributed by atoms with van der Waals surface area (Å²) in [7, 11) is 1.30. The number of hydrogen-bond acceptors (Lipinski definition) is 5. The molecule has 0 aromatic heterocycles. The maximum atomic E-state index is 12.2. The van der Waals surface area contributed by atoms with Crippen LogP contribution >= 0.6 is 0 Å². The molecule has 5 heteroatoms. The van der Waals surface area contributed by atoms with Crippen molar-refractivity contribution in [1.82, 2.24) is 0 Å². The summed E-state index contributed by atoms with van der Waals surface area (Å²) in [5.41, 5.74) is -0.148. The number of phenols is 1. The summed E-state index contributed by atoms with van der Waals surface area (Å²) < 4.78 is 11.1. The molecule has 0 amide bonds. The number of carbonyl (C=O) groups is 1. The van der Waals surface area contributed by atoms with Gasteiger partial charge in [0.2, 0.25) is 0 Å². The molecule has 3 rings (SSSR count).